The summed E-state index contributed by atoms with van der Waals surface area (Å²) in [7, 11) is 0. The van der Waals surface area contributed by atoms with Gasteiger partial charge in [0.15, 0.2) is 5.78 Å². The Bertz CT molecular complexity index is 1080. The Kier molecular flexibility index (Phi) is 8.15. The fourth-order valence-corrected chi connectivity index (χ4v) is 5.04. The van der Waals surface area contributed by atoms with Gasteiger partial charge in [-0.05, 0) is 35.4 Å². The zero-order valence-corrected chi connectivity index (χ0v) is 20.1. The van der Waals surface area contributed by atoms with E-state index in [1.165, 1.54) is 22.6 Å². The molecule has 1 saturated heterocycles. The highest BCUT2D eigenvalue weighted by Gasteiger charge is 2.18. The molecule has 7 heteroatoms. The molecule has 0 aliphatic carbocycles. The van der Waals surface area contributed by atoms with Crippen LogP contribution in [0, 0.1) is 0 Å². The van der Waals surface area contributed by atoms with Gasteiger partial charge in [0.05, 0.1) is 9.21 Å². The summed E-state index contributed by atoms with van der Waals surface area (Å²) in [4.78, 5) is 30.0. The van der Waals surface area contributed by atoms with E-state index < -0.39 is 0 Å². The van der Waals surface area contributed by atoms with Crippen molar-refractivity contribution in [2.45, 2.75) is 25.9 Å². The van der Waals surface area contributed by atoms with Crippen LogP contribution in [-0.4, -0.2) is 42.8 Å². The summed E-state index contributed by atoms with van der Waals surface area (Å²) in [6, 6.07) is 22.2. The average Bonchev–Trinajstić information content (AvgIpc) is 3.29. The molecule has 1 amide bonds. The topological polar surface area (TPSA) is 52.7 Å². The quantitative estimate of drug-likeness (QED) is 0.437. The molecule has 0 saturated carbocycles. The predicted octanol–water partition coefficient (Wildman–Crippen LogP) is 5.00. The summed E-state index contributed by atoms with van der Waals surface area (Å²) >= 11 is 7.14. The van der Waals surface area contributed by atoms with Crippen molar-refractivity contribution in [1.82, 2.24) is 10.2 Å². The van der Waals surface area contributed by atoms with Crippen LogP contribution in [0.5, 0.6) is 0 Å². The van der Waals surface area contributed by atoms with Gasteiger partial charge in [-0.3, -0.25) is 14.5 Å². The summed E-state index contributed by atoms with van der Waals surface area (Å²) in [6.45, 7) is 5.36. The molecule has 1 N–H and O–H groups in total. The number of para-hydroxylation sites is 1. The van der Waals surface area contributed by atoms with Crippen LogP contribution < -0.4 is 10.2 Å². The Labute approximate surface area is 204 Å². The Morgan fingerprint density at radius 3 is 2.24 bits per heavy atom. The van der Waals surface area contributed by atoms with E-state index in [2.05, 4.69) is 51.5 Å². The number of piperazine rings is 1. The molecule has 0 unspecified atom stereocenters. The minimum absolute atomic E-state index is 0.0444. The standard InChI is InChI=1S/C26H28ClN3O2S/c27-25-12-11-24(33-25)23(31)10-13-26(32)28-18-20-6-4-5-7-21(20)19-29-14-16-30(17-15-29)22-8-2-1-3-9-22/h1-9,11-12H,10,13-19H2,(H,28,32). The molecule has 0 atom stereocenters. The molecule has 1 aliphatic rings. The Hall–Kier alpha value is -2.67. The molecule has 172 valence electrons. The molecule has 33 heavy (non-hydrogen) atoms. The summed E-state index contributed by atoms with van der Waals surface area (Å²) in [6.07, 6.45) is 0.369. The smallest absolute Gasteiger partial charge is 0.220 e. The molecule has 0 radical (unpaired) electrons. The molecule has 0 spiro atoms. The van der Waals surface area contributed by atoms with Crippen LogP contribution in [0.15, 0.2) is 66.7 Å². The van der Waals surface area contributed by atoms with Gasteiger partial charge in [0, 0.05) is 57.8 Å². The third-order valence-corrected chi connectivity index (χ3v) is 7.18. The van der Waals surface area contributed by atoms with Gasteiger partial charge in [-0.15, -0.1) is 11.3 Å². The number of anilines is 1. The summed E-state index contributed by atoms with van der Waals surface area (Å²) in [5.41, 5.74) is 3.63. The first-order valence-corrected chi connectivity index (χ1v) is 12.4. The number of nitrogens with one attached hydrogen (secondary N) is 1. The van der Waals surface area contributed by atoms with Crippen molar-refractivity contribution in [3.8, 4) is 0 Å². The van der Waals surface area contributed by atoms with E-state index in [1.54, 1.807) is 12.1 Å². The van der Waals surface area contributed by atoms with Gasteiger partial charge < -0.3 is 10.2 Å². The number of ketones is 1. The monoisotopic (exact) mass is 481 g/mol. The molecule has 2 heterocycles. The second-order valence-corrected chi connectivity index (χ2v) is 9.89. The summed E-state index contributed by atoms with van der Waals surface area (Å²) in [5, 5.41) is 2.98. The van der Waals surface area contributed by atoms with Gasteiger partial charge in [-0.1, -0.05) is 54.1 Å². The van der Waals surface area contributed by atoms with E-state index in [1.807, 2.05) is 18.2 Å². The van der Waals surface area contributed by atoms with Crippen LogP contribution in [0.25, 0.3) is 0 Å². The maximum Gasteiger partial charge on any atom is 0.220 e. The zero-order valence-electron chi connectivity index (χ0n) is 18.5. The molecular formula is C26H28ClN3O2S. The van der Waals surface area contributed by atoms with Gasteiger partial charge in [0.2, 0.25) is 5.91 Å². The number of hydrogen-bond acceptors (Lipinski definition) is 5. The van der Waals surface area contributed by atoms with Crippen molar-refractivity contribution in [3.05, 3.63) is 87.1 Å². The number of carbonyl (C=O) groups is 2. The van der Waals surface area contributed by atoms with Crippen molar-refractivity contribution in [2.75, 3.05) is 31.1 Å². The predicted molar refractivity (Wildman–Crippen MR) is 135 cm³/mol. The fourth-order valence-electron chi connectivity index (χ4n) is 4.02. The largest absolute Gasteiger partial charge is 0.369 e. The van der Waals surface area contributed by atoms with E-state index in [-0.39, 0.29) is 24.5 Å². The highest BCUT2D eigenvalue weighted by molar-refractivity contribution is 7.18. The second-order valence-electron chi connectivity index (χ2n) is 8.17. The first-order valence-electron chi connectivity index (χ1n) is 11.2. The highest BCUT2D eigenvalue weighted by Crippen LogP contribution is 2.23. The molecule has 3 aromatic rings. The first kappa shape index (κ1) is 23.5. The number of nitrogens with zero attached hydrogens (tertiary/aromatic N) is 2. The normalized spacial score (nSPS) is 14.3. The van der Waals surface area contributed by atoms with Crippen LogP contribution in [0.2, 0.25) is 4.34 Å². The van der Waals surface area contributed by atoms with Crippen LogP contribution in [0.3, 0.4) is 0 Å². The molecule has 1 aliphatic heterocycles. The van der Waals surface area contributed by atoms with Crippen molar-refractivity contribution in [1.29, 1.82) is 0 Å². The third kappa shape index (κ3) is 6.67. The Morgan fingerprint density at radius 1 is 0.848 bits per heavy atom. The number of thiophene rings is 1. The number of carbonyl (C=O) groups excluding carboxylic acids is 2. The molecule has 5 nitrogen and oxygen atoms in total. The van der Waals surface area contributed by atoms with Crippen molar-refractivity contribution in [2.24, 2.45) is 0 Å². The van der Waals surface area contributed by atoms with Crippen molar-refractivity contribution < 1.29 is 9.59 Å². The third-order valence-electron chi connectivity index (χ3n) is 5.91. The number of benzene rings is 2. The maximum atomic E-state index is 12.3. The minimum Gasteiger partial charge on any atom is -0.369 e. The van der Waals surface area contributed by atoms with Gasteiger partial charge in [0.25, 0.3) is 0 Å². The van der Waals surface area contributed by atoms with E-state index in [0.717, 1.165) is 38.3 Å². The number of amides is 1. The van der Waals surface area contributed by atoms with E-state index >= 15 is 0 Å². The van der Waals surface area contributed by atoms with E-state index in [9.17, 15) is 9.59 Å². The van der Waals surface area contributed by atoms with Crippen molar-refractivity contribution in [3.63, 3.8) is 0 Å². The second kappa shape index (κ2) is 11.5. The fraction of sp³-hybridized carbons (Fsp3) is 0.308. The van der Waals surface area contributed by atoms with Gasteiger partial charge in [-0.2, -0.15) is 0 Å². The van der Waals surface area contributed by atoms with Gasteiger partial charge in [-0.25, -0.2) is 0 Å². The number of rotatable bonds is 9. The van der Waals surface area contributed by atoms with Crippen LogP contribution in [-0.2, 0) is 17.9 Å². The minimum atomic E-state index is -0.114. The lowest BCUT2D eigenvalue weighted by molar-refractivity contribution is -0.121. The maximum absolute atomic E-state index is 12.3. The number of Topliss-reactive ketones (excluding diaryl/α,β-unsaturated/α-hetero) is 1. The van der Waals surface area contributed by atoms with Crippen LogP contribution in [0.1, 0.15) is 33.6 Å². The van der Waals surface area contributed by atoms with E-state index in [4.69, 9.17) is 11.6 Å². The summed E-state index contributed by atoms with van der Waals surface area (Å²) < 4.78 is 0.584. The molecule has 1 aromatic heterocycles. The van der Waals surface area contributed by atoms with Gasteiger partial charge >= 0.3 is 0 Å². The van der Waals surface area contributed by atoms with E-state index in [0.29, 0.717) is 15.8 Å². The molecule has 2 aromatic carbocycles. The number of halogens is 1. The lowest BCUT2D eigenvalue weighted by Gasteiger charge is -2.36. The number of hydrogen-bond donors (Lipinski definition) is 1. The molecule has 0 bridgehead atoms. The molecule has 4 rings (SSSR count). The Balaban J connectivity index is 1.24. The summed E-state index contributed by atoms with van der Waals surface area (Å²) in [5.74, 6) is -0.158. The highest BCUT2D eigenvalue weighted by atomic mass is 35.5. The lowest BCUT2D eigenvalue weighted by atomic mass is 10.1. The van der Waals surface area contributed by atoms with Gasteiger partial charge in [0.1, 0.15) is 0 Å². The van der Waals surface area contributed by atoms with Crippen molar-refractivity contribution >= 4 is 40.3 Å². The van der Waals surface area contributed by atoms with Crippen LogP contribution >= 0.6 is 22.9 Å². The molecule has 1 fully saturated rings. The van der Waals surface area contributed by atoms with Crippen LogP contribution in [0.4, 0.5) is 5.69 Å². The zero-order chi connectivity index (χ0) is 23.0. The molecular weight excluding hydrogens is 454 g/mol. The average molecular weight is 482 g/mol. The lowest BCUT2D eigenvalue weighted by Crippen LogP contribution is -2.46. The Morgan fingerprint density at radius 2 is 1.55 bits per heavy atom. The first-order chi connectivity index (χ1) is 16.1. The SMILES string of the molecule is O=C(CCC(=O)c1ccc(Cl)s1)NCc1ccccc1CN1CCN(c2ccccc2)CC1.